The van der Waals surface area contributed by atoms with Crippen molar-refractivity contribution in [3.63, 3.8) is 0 Å². The predicted octanol–water partition coefficient (Wildman–Crippen LogP) is 9.03. The van der Waals surface area contributed by atoms with E-state index in [0.29, 0.717) is 19.6 Å². The van der Waals surface area contributed by atoms with Crippen molar-refractivity contribution in [3.05, 3.63) is 36.5 Å². The van der Waals surface area contributed by atoms with Gasteiger partial charge in [-0.1, -0.05) is 121 Å². The van der Waals surface area contributed by atoms with Crippen LogP contribution in [0.3, 0.4) is 0 Å². The van der Waals surface area contributed by atoms with Gasteiger partial charge < -0.3 is 14.6 Å². The van der Waals surface area contributed by atoms with Gasteiger partial charge in [0.15, 0.2) is 0 Å². The van der Waals surface area contributed by atoms with E-state index in [2.05, 4.69) is 50.3 Å². The van der Waals surface area contributed by atoms with Gasteiger partial charge in [0.2, 0.25) is 0 Å². The van der Waals surface area contributed by atoms with E-state index in [9.17, 15) is 9.90 Å². The number of aliphatic hydroxyl groups excluding tert-OH is 1. The molecule has 0 aliphatic carbocycles. The fraction of sp³-hybridized carbons (Fsp3) is 0.781. The summed E-state index contributed by atoms with van der Waals surface area (Å²) in [7, 11) is 0. The molecule has 4 nitrogen and oxygen atoms in total. The standard InChI is InChI=1S/C32H58O4/c1-3-5-7-9-11-12-13-14-15-16-17-18-19-20-21-22-24-26-28-35-30-31(29-33)36-32(34)27-25-23-10-8-6-4-2/h5,7,11-12,14-15,31,33H,3-4,6,8-10,13,16-30H2,1-2H3/b7-5-,12-11-,15-14-. The SMILES string of the molecule is CC/C=C\C/C=C\C/C=C\CCCCCCCCCCOCC(CO)OC(=O)CCCCCCCC. The van der Waals surface area contributed by atoms with Crippen molar-refractivity contribution in [1.29, 1.82) is 0 Å². The lowest BCUT2D eigenvalue weighted by atomic mass is 10.1. The van der Waals surface area contributed by atoms with Gasteiger partial charge in [-0.2, -0.15) is 0 Å². The minimum Gasteiger partial charge on any atom is -0.457 e. The van der Waals surface area contributed by atoms with Crippen molar-refractivity contribution in [3.8, 4) is 0 Å². The first-order chi connectivity index (χ1) is 17.7. The van der Waals surface area contributed by atoms with Crippen LogP contribution in [0.2, 0.25) is 0 Å². The molecule has 210 valence electrons. The number of carbonyl (C=O) groups is 1. The van der Waals surface area contributed by atoms with Crippen molar-refractivity contribution in [2.45, 2.75) is 142 Å². The maximum Gasteiger partial charge on any atom is 0.306 e. The first-order valence-corrected chi connectivity index (χ1v) is 15.1. The van der Waals surface area contributed by atoms with E-state index < -0.39 is 6.10 Å². The molecule has 0 amide bonds. The fourth-order valence-corrected chi connectivity index (χ4v) is 3.99. The Morgan fingerprint density at radius 3 is 1.89 bits per heavy atom. The normalized spacial score (nSPS) is 12.9. The predicted molar refractivity (Wildman–Crippen MR) is 154 cm³/mol. The molecule has 0 spiro atoms. The molecule has 0 rings (SSSR count). The highest BCUT2D eigenvalue weighted by Crippen LogP contribution is 2.11. The lowest BCUT2D eigenvalue weighted by molar-refractivity contribution is -0.154. The number of ether oxygens (including phenoxy) is 2. The van der Waals surface area contributed by atoms with Gasteiger partial charge in [0.25, 0.3) is 0 Å². The van der Waals surface area contributed by atoms with Gasteiger partial charge >= 0.3 is 5.97 Å². The van der Waals surface area contributed by atoms with Crippen LogP contribution in [0.25, 0.3) is 0 Å². The molecule has 0 aromatic carbocycles. The zero-order valence-electron chi connectivity index (χ0n) is 23.8. The summed E-state index contributed by atoms with van der Waals surface area (Å²) in [6.07, 6.45) is 34.7. The second kappa shape index (κ2) is 29.8. The summed E-state index contributed by atoms with van der Waals surface area (Å²) in [6, 6.07) is 0. The molecule has 0 saturated carbocycles. The number of carbonyl (C=O) groups excluding carboxylic acids is 1. The number of hydrogen-bond donors (Lipinski definition) is 1. The second-order valence-electron chi connectivity index (χ2n) is 9.80. The molecule has 1 atom stereocenters. The summed E-state index contributed by atoms with van der Waals surface area (Å²) in [5.74, 6) is -0.215. The zero-order valence-corrected chi connectivity index (χ0v) is 23.8. The first-order valence-electron chi connectivity index (χ1n) is 15.1. The molecule has 36 heavy (non-hydrogen) atoms. The third kappa shape index (κ3) is 27.2. The van der Waals surface area contributed by atoms with Crippen LogP contribution in [0.15, 0.2) is 36.5 Å². The van der Waals surface area contributed by atoms with E-state index in [1.807, 2.05) is 0 Å². The van der Waals surface area contributed by atoms with Gasteiger partial charge in [0, 0.05) is 13.0 Å². The average Bonchev–Trinajstić information content (AvgIpc) is 2.88. The van der Waals surface area contributed by atoms with Gasteiger partial charge in [-0.05, 0) is 44.9 Å². The molecule has 0 aliphatic rings. The summed E-state index contributed by atoms with van der Waals surface area (Å²) in [6.45, 7) is 5.15. The number of rotatable bonds is 27. The molecule has 1 N–H and O–H groups in total. The highest BCUT2D eigenvalue weighted by molar-refractivity contribution is 5.69. The van der Waals surface area contributed by atoms with Crippen LogP contribution in [0.4, 0.5) is 0 Å². The van der Waals surface area contributed by atoms with Crippen molar-refractivity contribution in [2.75, 3.05) is 19.8 Å². The molecule has 0 aromatic heterocycles. The largest absolute Gasteiger partial charge is 0.457 e. The number of aliphatic hydroxyl groups is 1. The number of esters is 1. The summed E-state index contributed by atoms with van der Waals surface area (Å²) in [4.78, 5) is 11.9. The number of unbranched alkanes of at least 4 members (excludes halogenated alkanes) is 13. The topological polar surface area (TPSA) is 55.8 Å². The van der Waals surface area contributed by atoms with Gasteiger partial charge in [0.05, 0.1) is 13.2 Å². The molecule has 0 heterocycles. The van der Waals surface area contributed by atoms with Crippen molar-refractivity contribution < 1.29 is 19.4 Å². The third-order valence-electron chi connectivity index (χ3n) is 6.23. The molecular formula is C32H58O4. The minimum absolute atomic E-state index is 0.175. The van der Waals surface area contributed by atoms with Crippen molar-refractivity contribution >= 4 is 5.97 Å². The van der Waals surface area contributed by atoms with Gasteiger partial charge in [0.1, 0.15) is 6.10 Å². The highest BCUT2D eigenvalue weighted by atomic mass is 16.6. The lowest BCUT2D eigenvalue weighted by Crippen LogP contribution is -2.27. The molecular weight excluding hydrogens is 448 g/mol. The van der Waals surface area contributed by atoms with Crippen molar-refractivity contribution in [2.24, 2.45) is 0 Å². The molecule has 4 heteroatoms. The van der Waals surface area contributed by atoms with E-state index in [-0.39, 0.29) is 12.6 Å². The van der Waals surface area contributed by atoms with Gasteiger partial charge in [-0.25, -0.2) is 0 Å². The Balaban J connectivity index is 3.43. The molecule has 0 bridgehead atoms. The van der Waals surface area contributed by atoms with Gasteiger partial charge in [-0.15, -0.1) is 0 Å². The van der Waals surface area contributed by atoms with Gasteiger partial charge in [-0.3, -0.25) is 4.79 Å². The Morgan fingerprint density at radius 1 is 0.694 bits per heavy atom. The quantitative estimate of drug-likeness (QED) is 0.0686. The van der Waals surface area contributed by atoms with Crippen LogP contribution in [0.1, 0.15) is 136 Å². The highest BCUT2D eigenvalue weighted by Gasteiger charge is 2.13. The van der Waals surface area contributed by atoms with Crippen LogP contribution >= 0.6 is 0 Å². The first kappa shape index (κ1) is 34.6. The number of allylic oxidation sites excluding steroid dienone is 6. The Morgan fingerprint density at radius 2 is 1.25 bits per heavy atom. The maximum atomic E-state index is 11.9. The zero-order chi connectivity index (χ0) is 26.4. The summed E-state index contributed by atoms with van der Waals surface area (Å²) >= 11 is 0. The van der Waals surface area contributed by atoms with Crippen LogP contribution in [-0.4, -0.2) is 37.0 Å². The second-order valence-corrected chi connectivity index (χ2v) is 9.80. The Kier molecular flexibility index (Phi) is 28.7. The average molecular weight is 507 g/mol. The molecule has 0 radical (unpaired) electrons. The van der Waals surface area contributed by atoms with Crippen LogP contribution in [0.5, 0.6) is 0 Å². The van der Waals surface area contributed by atoms with E-state index in [4.69, 9.17) is 9.47 Å². The van der Waals surface area contributed by atoms with Crippen LogP contribution in [-0.2, 0) is 14.3 Å². The van der Waals surface area contributed by atoms with E-state index in [0.717, 1.165) is 38.5 Å². The maximum absolute atomic E-state index is 11.9. The smallest absolute Gasteiger partial charge is 0.306 e. The molecule has 1 unspecified atom stereocenters. The summed E-state index contributed by atoms with van der Waals surface area (Å²) in [5.41, 5.74) is 0. The monoisotopic (exact) mass is 506 g/mol. The molecule has 0 fully saturated rings. The van der Waals surface area contributed by atoms with Crippen LogP contribution < -0.4 is 0 Å². The molecule has 0 aliphatic heterocycles. The van der Waals surface area contributed by atoms with E-state index in [1.165, 1.54) is 77.0 Å². The fourth-order valence-electron chi connectivity index (χ4n) is 3.99. The Bertz CT molecular complexity index is 538. The number of hydrogen-bond acceptors (Lipinski definition) is 4. The van der Waals surface area contributed by atoms with Crippen molar-refractivity contribution in [1.82, 2.24) is 0 Å². The molecule has 0 aromatic rings. The lowest BCUT2D eigenvalue weighted by Gasteiger charge is -2.15. The van der Waals surface area contributed by atoms with E-state index >= 15 is 0 Å². The molecule has 0 saturated heterocycles. The third-order valence-corrected chi connectivity index (χ3v) is 6.23. The Labute approximate surface area is 223 Å². The summed E-state index contributed by atoms with van der Waals surface area (Å²) < 4.78 is 11.0. The minimum atomic E-state index is -0.531. The Hall–Kier alpha value is -1.39. The van der Waals surface area contributed by atoms with Crippen LogP contribution in [0, 0.1) is 0 Å². The van der Waals surface area contributed by atoms with E-state index in [1.54, 1.807) is 0 Å². The summed E-state index contributed by atoms with van der Waals surface area (Å²) in [5, 5.41) is 9.44.